The van der Waals surface area contributed by atoms with E-state index in [1.165, 1.54) is 0 Å². The summed E-state index contributed by atoms with van der Waals surface area (Å²) < 4.78 is 8.52. The largest absolute Gasteiger partial charge is 2.00 e. The molecule has 0 rings (SSSR count). The van der Waals surface area contributed by atoms with Crippen LogP contribution in [0.25, 0.3) is 0 Å². The van der Waals surface area contributed by atoms with Gasteiger partial charge in [0.05, 0.1) is 0 Å². The maximum absolute atomic E-state index is 8.52. The van der Waals surface area contributed by atoms with Crippen molar-refractivity contribution in [2.75, 3.05) is 0 Å². The predicted octanol–water partition coefficient (Wildman–Crippen LogP) is -1.89. The minimum absolute atomic E-state index is 0. The van der Waals surface area contributed by atoms with Crippen molar-refractivity contribution >= 4 is 8.25 Å². The summed E-state index contributed by atoms with van der Waals surface area (Å²) in [6.07, 6.45) is 0. The topological polar surface area (TPSA) is 94.7 Å². The molecule has 1 radical (unpaired) electrons. The minimum Gasteiger partial charge on any atom is -0.813 e. The van der Waals surface area contributed by atoms with Crippen molar-refractivity contribution in [2.45, 2.75) is 6.92 Å². The van der Waals surface area contributed by atoms with E-state index in [1.54, 1.807) is 6.92 Å². The molecule has 0 amide bonds. The molecule has 0 aliphatic carbocycles. The molecule has 57 valence electrons. The standard InChI is InChI=1S/C2H5.Cu.H3O3P.H2O/c1-2;;1-4(2)3;/h1H2,2H3;;4H,(H2,1,2,3);1H2/q-1;+2;;/p-2. The van der Waals surface area contributed by atoms with Gasteiger partial charge in [0.1, 0.15) is 0 Å². The summed E-state index contributed by atoms with van der Waals surface area (Å²) in [5, 5.41) is 0. The fraction of sp³-hybridized carbons (Fsp3) is 0.500. The Morgan fingerprint density at radius 3 is 1.38 bits per heavy atom. The molecule has 0 saturated heterocycles. The van der Waals surface area contributed by atoms with Gasteiger partial charge in [-0.25, -0.2) is 0 Å². The zero-order valence-corrected chi connectivity index (χ0v) is 6.18. The number of hydrogen-bond donors (Lipinski definition) is 0. The molecule has 0 saturated carbocycles. The summed E-state index contributed by atoms with van der Waals surface area (Å²) in [6, 6.07) is 0. The quantitative estimate of drug-likeness (QED) is 0.254. The van der Waals surface area contributed by atoms with Crippen LogP contribution in [0.2, 0.25) is 0 Å². The predicted molar refractivity (Wildman–Crippen MR) is 23.6 cm³/mol. The average Bonchev–Trinajstić information content (AvgIpc) is 1.41. The van der Waals surface area contributed by atoms with Gasteiger partial charge >= 0.3 is 17.1 Å². The van der Waals surface area contributed by atoms with Crippen LogP contribution in [0.4, 0.5) is 0 Å². The Morgan fingerprint density at radius 1 is 1.38 bits per heavy atom. The summed E-state index contributed by atoms with van der Waals surface area (Å²) in [6.45, 7) is 5.00. The molecule has 6 heteroatoms. The van der Waals surface area contributed by atoms with Gasteiger partial charge in [-0.15, -0.1) is 0 Å². The SMILES string of the molecule is O.O=[PH]([O-])[O-].[CH2-]C.[Cu+2]. The Kier molecular flexibility index (Phi) is 74.6. The molecule has 0 aliphatic rings. The summed E-state index contributed by atoms with van der Waals surface area (Å²) >= 11 is 0. The van der Waals surface area contributed by atoms with Crippen LogP contribution in [0.1, 0.15) is 6.92 Å². The number of rotatable bonds is 0. The summed E-state index contributed by atoms with van der Waals surface area (Å²) in [5.41, 5.74) is 0. The summed E-state index contributed by atoms with van der Waals surface area (Å²) in [4.78, 5) is 17.0. The molecular formula is C2H8CuO4P-. The molecule has 4 nitrogen and oxygen atoms in total. The van der Waals surface area contributed by atoms with E-state index in [0.29, 0.717) is 0 Å². The van der Waals surface area contributed by atoms with Crippen molar-refractivity contribution in [3.05, 3.63) is 6.92 Å². The van der Waals surface area contributed by atoms with Crippen LogP contribution in [0.5, 0.6) is 0 Å². The molecule has 0 fully saturated rings. The van der Waals surface area contributed by atoms with E-state index in [1.807, 2.05) is 0 Å². The molecule has 2 N–H and O–H groups in total. The summed E-state index contributed by atoms with van der Waals surface area (Å²) in [5.74, 6) is 0. The average molecular weight is 191 g/mol. The molecule has 0 aromatic heterocycles. The third kappa shape index (κ3) is 530. The van der Waals surface area contributed by atoms with Crippen molar-refractivity contribution in [2.24, 2.45) is 0 Å². The third-order valence-corrected chi connectivity index (χ3v) is 0. The van der Waals surface area contributed by atoms with Crippen LogP contribution in [0, 0.1) is 6.92 Å². The second kappa shape index (κ2) is 25.5. The van der Waals surface area contributed by atoms with Crippen LogP contribution < -0.4 is 9.79 Å². The molecule has 0 bridgehead atoms. The number of hydrogen-bond acceptors (Lipinski definition) is 3. The van der Waals surface area contributed by atoms with Gasteiger partial charge in [0.25, 0.3) is 0 Å². The van der Waals surface area contributed by atoms with Crippen molar-refractivity contribution in [3.8, 4) is 0 Å². The van der Waals surface area contributed by atoms with Crippen LogP contribution in [0.15, 0.2) is 0 Å². The van der Waals surface area contributed by atoms with Gasteiger partial charge in [0, 0.05) is 0 Å². The van der Waals surface area contributed by atoms with Gasteiger partial charge in [-0.05, 0) is 0 Å². The van der Waals surface area contributed by atoms with Gasteiger partial charge in [0.2, 0.25) is 0 Å². The molecule has 0 heterocycles. The zero-order valence-electron chi connectivity index (χ0n) is 4.23. The van der Waals surface area contributed by atoms with Crippen LogP contribution in [-0.4, -0.2) is 5.48 Å². The first-order valence-corrected chi connectivity index (χ1v) is 2.54. The van der Waals surface area contributed by atoms with Crippen molar-refractivity contribution in [1.29, 1.82) is 0 Å². The monoisotopic (exact) mass is 190 g/mol. The molecule has 0 atom stereocenters. The van der Waals surface area contributed by atoms with E-state index < -0.39 is 8.25 Å². The van der Waals surface area contributed by atoms with Gasteiger partial charge < -0.3 is 26.8 Å². The van der Waals surface area contributed by atoms with E-state index in [4.69, 9.17) is 14.4 Å². The Balaban J connectivity index is -0.0000000183. The summed E-state index contributed by atoms with van der Waals surface area (Å²) in [7, 11) is -3.63. The zero-order chi connectivity index (χ0) is 5.58. The van der Waals surface area contributed by atoms with Gasteiger partial charge in [-0.3, -0.25) is 0 Å². The molecule has 8 heavy (non-hydrogen) atoms. The van der Waals surface area contributed by atoms with Crippen LogP contribution in [-0.2, 0) is 21.6 Å². The van der Waals surface area contributed by atoms with Crippen molar-refractivity contribution in [3.63, 3.8) is 0 Å². The molecule has 0 aromatic rings. The Hall–Kier alpha value is 0.629. The first kappa shape index (κ1) is 23.4. The second-order valence-electron chi connectivity index (χ2n) is 0.250. The molecule has 0 aromatic carbocycles. The fourth-order valence-corrected chi connectivity index (χ4v) is 0. The maximum Gasteiger partial charge on any atom is 2.00 e. The van der Waals surface area contributed by atoms with Gasteiger partial charge in [-0.2, -0.15) is 6.92 Å². The first-order chi connectivity index (χ1) is 2.73. The third-order valence-electron chi connectivity index (χ3n) is 0. The fourth-order valence-electron chi connectivity index (χ4n) is 0. The van der Waals surface area contributed by atoms with E-state index in [9.17, 15) is 0 Å². The van der Waals surface area contributed by atoms with Crippen LogP contribution >= 0.6 is 8.25 Å². The van der Waals surface area contributed by atoms with Crippen LogP contribution in [0.3, 0.4) is 0 Å². The first-order valence-electron chi connectivity index (χ1n) is 1.32. The van der Waals surface area contributed by atoms with E-state index in [2.05, 4.69) is 6.92 Å². The Morgan fingerprint density at radius 2 is 1.38 bits per heavy atom. The van der Waals surface area contributed by atoms with E-state index in [-0.39, 0.29) is 22.5 Å². The Labute approximate surface area is 59.7 Å². The van der Waals surface area contributed by atoms with Crippen molar-refractivity contribution < 1.29 is 36.9 Å². The molecule has 0 unspecified atom stereocenters. The van der Waals surface area contributed by atoms with E-state index >= 15 is 0 Å². The van der Waals surface area contributed by atoms with E-state index in [0.717, 1.165) is 0 Å². The van der Waals surface area contributed by atoms with Gasteiger partial charge in [0.15, 0.2) is 0 Å². The molecular weight excluding hydrogens is 183 g/mol. The normalized spacial score (nSPS) is 5.12. The minimum atomic E-state index is -3.63. The maximum atomic E-state index is 8.52. The molecule has 0 spiro atoms. The Bertz CT molecular complexity index is 37.0. The van der Waals surface area contributed by atoms with Crippen molar-refractivity contribution in [1.82, 2.24) is 0 Å². The molecule has 0 aliphatic heterocycles. The van der Waals surface area contributed by atoms with Gasteiger partial charge in [-0.1, -0.05) is 8.25 Å². The second-order valence-corrected chi connectivity index (χ2v) is 0.750. The smallest absolute Gasteiger partial charge is 0.813 e.